The average Bonchev–Trinajstić information content (AvgIpc) is 2.74. The third-order valence-corrected chi connectivity index (χ3v) is 4.39. The van der Waals surface area contributed by atoms with Crippen LogP contribution in [0.3, 0.4) is 0 Å². The van der Waals surface area contributed by atoms with Gasteiger partial charge in [0.15, 0.2) is 5.82 Å². The zero-order valence-corrected chi connectivity index (χ0v) is 13.1. The number of hydrogen-bond donors (Lipinski definition) is 2. The first kappa shape index (κ1) is 14.4. The molecule has 0 bridgehead atoms. The van der Waals surface area contributed by atoms with Crippen molar-refractivity contribution >= 4 is 21.7 Å². The van der Waals surface area contributed by atoms with Crippen molar-refractivity contribution in [2.24, 2.45) is 5.84 Å². The smallest absolute Gasteiger partial charge is 0.161 e. The van der Waals surface area contributed by atoms with Gasteiger partial charge in [-0.3, -0.25) is 0 Å². The molecule has 21 heavy (non-hydrogen) atoms. The van der Waals surface area contributed by atoms with E-state index in [0.29, 0.717) is 21.7 Å². The number of aromatic nitrogens is 2. The van der Waals surface area contributed by atoms with Crippen LogP contribution in [-0.2, 0) is 12.8 Å². The molecule has 0 fully saturated rings. The third kappa shape index (κ3) is 2.91. The zero-order chi connectivity index (χ0) is 14.8. The number of benzene rings is 1. The monoisotopic (exact) mass is 350 g/mol. The number of nitrogens with zero attached hydrogens (tertiary/aromatic N) is 2. The van der Waals surface area contributed by atoms with E-state index in [-0.39, 0.29) is 5.82 Å². The number of nitrogens with two attached hydrogens (primary N) is 1. The van der Waals surface area contributed by atoms with Crippen LogP contribution in [0.1, 0.15) is 30.5 Å². The van der Waals surface area contributed by atoms with Gasteiger partial charge < -0.3 is 5.43 Å². The van der Waals surface area contributed by atoms with E-state index in [2.05, 4.69) is 31.3 Å². The number of hydrogen-bond acceptors (Lipinski definition) is 4. The lowest BCUT2D eigenvalue weighted by molar-refractivity contribution is 0.621. The highest BCUT2D eigenvalue weighted by Gasteiger charge is 2.17. The Morgan fingerprint density at radius 3 is 2.71 bits per heavy atom. The quantitative estimate of drug-likeness (QED) is 0.493. The highest BCUT2D eigenvalue weighted by Crippen LogP contribution is 2.28. The van der Waals surface area contributed by atoms with Gasteiger partial charge >= 0.3 is 0 Å². The molecule has 3 rings (SSSR count). The van der Waals surface area contributed by atoms with Crippen molar-refractivity contribution < 1.29 is 4.39 Å². The molecule has 2 aromatic rings. The van der Waals surface area contributed by atoms with E-state index in [0.717, 1.165) is 36.9 Å². The molecule has 1 aliphatic rings. The van der Waals surface area contributed by atoms with Crippen molar-refractivity contribution in [3.8, 4) is 11.4 Å². The summed E-state index contributed by atoms with van der Waals surface area (Å²) in [6, 6.07) is 4.89. The average molecular weight is 351 g/mol. The lowest BCUT2D eigenvalue weighted by Crippen LogP contribution is -2.14. The Kier molecular flexibility index (Phi) is 4.17. The van der Waals surface area contributed by atoms with Gasteiger partial charge in [0.05, 0.1) is 4.47 Å². The number of hydrazine groups is 1. The molecule has 1 heterocycles. The molecule has 0 amide bonds. The van der Waals surface area contributed by atoms with Crippen molar-refractivity contribution in [3.63, 3.8) is 0 Å². The Balaban J connectivity index is 2.10. The van der Waals surface area contributed by atoms with Gasteiger partial charge in [0.2, 0.25) is 0 Å². The maximum absolute atomic E-state index is 13.7. The molecule has 4 nitrogen and oxygen atoms in total. The van der Waals surface area contributed by atoms with Crippen LogP contribution in [0.5, 0.6) is 0 Å². The minimum Gasteiger partial charge on any atom is -0.308 e. The molecule has 0 atom stereocenters. The Hall–Kier alpha value is -1.53. The van der Waals surface area contributed by atoms with Crippen molar-refractivity contribution in [2.75, 3.05) is 5.43 Å². The van der Waals surface area contributed by atoms with Crippen molar-refractivity contribution in [3.05, 3.63) is 39.7 Å². The van der Waals surface area contributed by atoms with Crippen LogP contribution in [0.4, 0.5) is 10.2 Å². The first-order valence-electron chi connectivity index (χ1n) is 7.01. The standard InChI is InChI=1S/C15H16BrFN4/c16-11-7-6-9(8-12(11)17)14-19-13-5-3-1-2-4-10(13)15(20-14)21-18/h6-8H,1-5,18H2,(H,19,20,21). The van der Waals surface area contributed by atoms with Gasteiger partial charge in [-0.05, 0) is 59.8 Å². The fraction of sp³-hybridized carbons (Fsp3) is 0.333. The maximum atomic E-state index is 13.7. The van der Waals surface area contributed by atoms with Crippen LogP contribution in [0.15, 0.2) is 22.7 Å². The molecule has 110 valence electrons. The number of nitrogens with one attached hydrogen (secondary N) is 1. The van der Waals surface area contributed by atoms with Gasteiger partial charge in [0.25, 0.3) is 0 Å². The largest absolute Gasteiger partial charge is 0.308 e. The Labute approximate surface area is 131 Å². The molecule has 0 spiro atoms. The Morgan fingerprint density at radius 2 is 1.95 bits per heavy atom. The molecule has 0 aliphatic heterocycles. The molecule has 1 aromatic carbocycles. The maximum Gasteiger partial charge on any atom is 0.161 e. The Morgan fingerprint density at radius 1 is 1.14 bits per heavy atom. The predicted molar refractivity (Wildman–Crippen MR) is 84.2 cm³/mol. The van der Waals surface area contributed by atoms with Gasteiger partial charge in [-0.25, -0.2) is 20.2 Å². The Bertz CT molecular complexity index is 675. The summed E-state index contributed by atoms with van der Waals surface area (Å²) in [7, 11) is 0. The number of fused-ring (bicyclic) bond motifs is 1. The minimum absolute atomic E-state index is 0.326. The molecular weight excluding hydrogens is 335 g/mol. The van der Waals surface area contributed by atoms with E-state index in [4.69, 9.17) is 5.84 Å². The first-order chi connectivity index (χ1) is 10.2. The summed E-state index contributed by atoms with van der Waals surface area (Å²) in [5.41, 5.74) is 5.43. The third-order valence-electron chi connectivity index (χ3n) is 3.75. The number of aryl methyl sites for hydroxylation is 1. The summed E-state index contributed by atoms with van der Waals surface area (Å²) in [5.74, 6) is 6.44. The number of anilines is 1. The lowest BCUT2D eigenvalue weighted by Gasteiger charge is -2.13. The van der Waals surface area contributed by atoms with Gasteiger partial charge in [-0.2, -0.15) is 0 Å². The molecule has 0 unspecified atom stereocenters. The summed E-state index contributed by atoms with van der Waals surface area (Å²) in [6.45, 7) is 0. The van der Waals surface area contributed by atoms with Crippen molar-refractivity contribution in [2.45, 2.75) is 32.1 Å². The van der Waals surface area contributed by atoms with Gasteiger partial charge in [-0.15, -0.1) is 0 Å². The first-order valence-corrected chi connectivity index (χ1v) is 7.80. The van der Waals surface area contributed by atoms with E-state index in [1.807, 2.05) is 0 Å². The van der Waals surface area contributed by atoms with Crippen molar-refractivity contribution in [1.82, 2.24) is 9.97 Å². The molecule has 0 saturated carbocycles. The number of rotatable bonds is 2. The van der Waals surface area contributed by atoms with Crippen LogP contribution in [-0.4, -0.2) is 9.97 Å². The minimum atomic E-state index is -0.326. The van der Waals surface area contributed by atoms with E-state index in [1.165, 1.54) is 12.5 Å². The highest BCUT2D eigenvalue weighted by atomic mass is 79.9. The molecule has 1 aromatic heterocycles. The summed E-state index contributed by atoms with van der Waals surface area (Å²) in [4.78, 5) is 9.09. The van der Waals surface area contributed by atoms with Crippen LogP contribution >= 0.6 is 15.9 Å². The molecule has 3 N–H and O–H groups in total. The molecule has 0 saturated heterocycles. The summed E-state index contributed by atoms with van der Waals surface area (Å²) in [5, 5.41) is 0. The highest BCUT2D eigenvalue weighted by molar-refractivity contribution is 9.10. The molecular formula is C15H16BrFN4. The van der Waals surface area contributed by atoms with Crippen LogP contribution in [0, 0.1) is 5.82 Å². The van der Waals surface area contributed by atoms with E-state index >= 15 is 0 Å². The van der Waals surface area contributed by atoms with E-state index in [1.54, 1.807) is 12.1 Å². The molecule has 0 radical (unpaired) electrons. The van der Waals surface area contributed by atoms with Gasteiger partial charge in [0, 0.05) is 16.8 Å². The van der Waals surface area contributed by atoms with Gasteiger partial charge in [-0.1, -0.05) is 6.42 Å². The summed E-state index contributed by atoms with van der Waals surface area (Å²) < 4.78 is 14.1. The van der Waals surface area contributed by atoms with Crippen molar-refractivity contribution in [1.29, 1.82) is 0 Å². The summed E-state index contributed by atoms with van der Waals surface area (Å²) >= 11 is 3.15. The second-order valence-electron chi connectivity index (χ2n) is 5.15. The molecule has 6 heteroatoms. The zero-order valence-electron chi connectivity index (χ0n) is 11.5. The van der Waals surface area contributed by atoms with Gasteiger partial charge in [0.1, 0.15) is 11.6 Å². The van der Waals surface area contributed by atoms with Crippen LogP contribution in [0.2, 0.25) is 0 Å². The topological polar surface area (TPSA) is 63.8 Å². The fourth-order valence-corrected chi connectivity index (χ4v) is 2.90. The SMILES string of the molecule is NNc1nc(-c2ccc(Br)c(F)c2)nc2c1CCCCC2. The van der Waals surface area contributed by atoms with E-state index in [9.17, 15) is 4.39 Å². The van der Waals surface area contributed by atoms with Crippen LogP contribution < -0.4 is 11.3 Å². The number of nitrogen functional groups attached to an aromatic ring is 1. The fourth-order valence-electron chi connectivity index (χ4n) is 2.65. The predicted octanol–water partition coefficient (Wildman–Crippen LogP) is 3.60. The van der Waals surface area contributed by atoms with Crippen LogP contribution in [0.25, 0.3) is 11.4 Å². The number of halogens is 2. The summed E-state index contributed by atoms with van der Waals surface area (Å²) in [6.07, 6.45) is 5.27. The second-order valence-corrected chi connectivity index (χ2v) is 6.01. The molecule has 1 aliphatic carbocycles. The second kappa shape index (κ2) is 6.07. The lowest BCUT2D eigenvalue weighted by atomic mass is 10.1. The van der Waals surface area contributed by atoms with E-state index < -0.39 is 0 Å². The normalized spacial score (nSPS) is 14.4.